The molecule has 3 N–H and O–H groups in total. The van der Waals surface area contributed by atoms with Crippen molar-refractivity contribution in [2.75, 3.05) is 13.2 Å². The molecule has 0 aliphatic heterocycles. The fraction of sp³-hybridized carbons (Fsp3) is 0.864. The molecule has 0 heterocycles. The highest BCUT2D eigenvalue weighted by Gasteiger charge is 2.20. The lowest BCUT2D eigenvalue weighted by atomic mass is 10.0. The maximum absolute atomic E-state index is 12.4. The Hall–Kier alpha value is -1.92. The number of hydrogen-bond donors (Lipinski definition) is 3. The lowest BCUT2D eigenvalue weighted by Crippen LogP contribution is -2.45. The Bertz CT molecular complexity index is 1060. The zero-order valence-corrected chi connectivity index (χ0v) is 43.5. The van der Waals surface area contributed by atoms with Crippen LogP contribution in [-0.2, 0) is 14.3 Å². The average Bonchev–Trinajstić information content (AvgIpc) is 3.31. The van der Waals surface area contributed by atoms with Crippen LogP contribution in [0.1, 0.15) is 303 Å². The maximum Gasteiger partial charge on any atom is 0.305 e. The molecule has 6 heteroatoms. The third kappa shape index (κ3) is 51.3. The van der Waals surface area contributed by atoms with Crippen LogP contribution in [0.2, 0.25) is 0 Å². The summed E-state index contributed by atoms with van der Waals surface area (Å²) in [5.41, 5.74) is 0. The third-order valence-corrected chi connectivity index (χ3v) is 13.2. The average molecular weight is 915 g/mol. The largest absolute Gasteiger partial charge is 0.465 e. The van der Waals surface area contributed by atoms with Crippen molar-refractivity contribution >= 4 is 11.9 Å². The Labute approximate surface area is 404 Å². The summed E-state index contributed by atoms with van der Waals surface area (Å²) in [5.74, 6) is -0.0837. The van der Waals surface area contributed by atoms with Gasteiger partial charge in [-0.3, -0.25) is 9.59 Å². The normalized spacial score (nSPS) is 12.9. The standard InChI is InChI=1S/C59H111NO5/c1-3-5-7-9-11-13-15-17-25-29-33-37-41-45-49-53-59(64)65-54-50-46-42-38-34-30-27-24-22-20-18-19-21-23-26-28-32-36-40-44-48-52-58(63)60-56(55-61)57(62)51-47-43-39-35-31-16-14-12-10-8-6-4-2/h17,25,30,34,42,46,56-57,61-62H,3-16,18-24,26-29,31-33,35-41,43-45,47-55H2,1-2H3,(H,60,63)/b25-17-,34-30-,46-42-. The first-order valence-electron chi connectivity index (χ1n) is 28.7. The van der Waals surface area contributed by atoms with E-state index in [1.165, 1.54) is 218 Å². The molecule has 0 fully saturated rings. The summed E-state index contributed by atoms with van der Waals surface area (Å²) in [5, 5.41) is 23.2. The lowest BCUT2D eigenvalue weighted by molar-refractivity contribution is -0.143. The number of hydrogen-bond acceptors (Lipinski definition) is 5. The van der Waals surface area contributed by atoms with Crippen LogP contribution < -0.4 is 5.32 Å². The molecule has 2 unspecified atom stereocenters. The number of unbranched alkanes of at least 4 members (excludes halogenated alkanes) is 36. The van der Waals surface area contributed by atoms with Gasteiger partial charge in [-0.25, -0.2) is 0 Å². The third-order valence-electron chi connectivity index (χ3n) is 13.2. The first-order chi connectivity index (χ1) is 32.0. The highest BCUT2D eigenvalue weighted by Crippen LogP contribution is 2.17. The van der Waals surface area contributed by atoms with Crippen LogP contribution >= 0.6 is 0 Å². The van der Waals surface area contributed by atoms with Crippen LogP contribution in [0.4, 0.5) is 0 Å². The summed E-state index contributed by atoms with van der Waals surface area (Å²) in [6.07, 6.45) is 67.2. The molecular weight excluding hydrogens is 803 g/mol. The molecule has 0 saturated carbocycles. The summed E-state index contributed by atoms with van der Waals surface area (Å²) in [6.45, 7) is 4.83. The van der Waals surface area contributed by atoms with Gasteiger partial charge in [-0.2, -0.15) is 0 Å². The van der Waals surface area contributed by atoms with Gasteiger partial charge in [0.25, 0.3) is 0 Å². The summed E-state index contributed by atoms with van der Waals surface area (Å²) in [6, 6.07) is -0.544. The first-order valence-corrected chi connectivity index (χ1v) is 28.7. The van der Waals surface area contributed by atoms with Crippen LogP contribution in [0.5, 0.6) is 0 Å². The molecule has 0 aliphatic rings. The second-order valence-corrected chi connectivity index (χ2v) is 19.6. The zero-order chi connectivity index (χ0) is 47.2. The van der Waals surface area contributed by atoms with Crippen molar-refractivity contribution in [3.05, 3.63) is 36.5 Å². The van der Waals surface area contributed by atoms with E-state index in [2.05, 4.69) is 55.6 Å². The van der Waals surface area contributed by atoms with Crippen molar-refractivity contribution in [1.82, 2.24) is 5.32 Å². The Morgan fingerprint density at radius 3 is 1.18 bits per heavy atom. The number of aliphatic hydroxyl groups excluding tert-OH is 2. The van der Waals surface area contributed by atoms with Crippen LogP contribution in [0.15, 0.2) is 36.5 Å². The number of rotatable bonds is 53. The predicted octanol–water partition coefficient (Wildman–Crippen LogP) is 17.6. The van der Waals surface area contributed by atoms with Gasteiger partial charge in [0.2, 0.25) is 5.91 Å². The molecule has 0 bridgehead atoms. The molecule has 0 aliphatic carbocycles. The summed E-state index contributed by atoms with van der Waals surface area (Å²) in [7, 11) is 0. The van der Waals surface area contributed by atoms with Gasteiger partial charge in [-0.15, -0.1) is 0 Å². The second kappa shape index (κ2) is 54.7. The van der Waals surface area contributed by atoms with Crippen molar-refractivity contribution in [1.29, 1.82) is 0 Å². The molecule has 0 aromatic carbocycles. The molecule has 0 rings (SSSR count). The minimum absolute atomic E-state index is 0.0404. The molecule has 6 nitrogen and oxygen atoms in total. The molecule has 0 aromatic heterocycles. The molecule has 0 spiro atoms. The van der Waals surface area contributed by atoms with E-state index in [1.807, 2.05) is 0 Å². The molecule has 382 valence electrons. The van der Waals surface area contributed by atoms with Crippen molar-refractivity contribution in [3.8, 4) is 0 Å². The number of carbonyl (C=O) groups excluding carboxylic acids is 2. The van der Waals surface area contributed by atoms with Crippen LogP contribution in [-0.4, -0.2) is 47.4 Å². The molecule has 0 aromatic rings. The van der Waals surface area contributed by atoms with Crippen LogP contribution in [0.25, 0.3) is 0 Å². The Morgan fingerprint density at radius 2 is 0.769 bits per heavy atom. The van der Waals surface area contributed by atoms with Crippen LogP contribution in [0.3, 0.4) is 0 Å². The molecule has 65 heavy (non-hydrogen) atoms. The van der Waals surface area contributed by atoms with E-state index in [0.717, 1.165) is 51.4 Å². The molecule has 2 atom stereocenters. The number of ether oxygens (including phenoxy) is 1. The molecule has 0 radical (unpaired) electrons. The Balaban J connectivity index is 3.45. The van der Waals surface area contributed by atoms with Gasteiger partial charge in [0, 0.05) is 12.8 Å². The summed E-state index contributed by atoms with van der Waals surface area (Å²) in [4.78, 5) is 24.5. The fourth-order valence-corrected chi connectivity index (χ4v) is 8.77. The zero-order valence-electron chi connectivity index (χ0n) is 43.5. The SMILES string of the molecule is CCCCCCCC/C=C\CCCCCCCC(=O)OCC/C=C\C/C=C\CCCCCCCCCCCCCCCCC(=O)NC(CO)C(O)CCCCCCCCCCCCCC. The quantitative estimate of drug-likeness (QED) is 0.0321. The van der Waals surface area contributed by atoms with Crippen molar-refractivity contribution < 1.29 is 24.5 Å². The van der Waals surface area contributed by atoms with E-state index in [1.54, 1.807) is 0 Å². The Morgan fingerprint density at radius 1 is 0.431 bits per heavy atom. The molecular formula is C59H111NO5. The van der Waals surface area contributed by atoms with Gasteiger partial charge < -0.3 is 20.3 Å². The second-order valence-electron chi connectivity index (χ2n) is 19.6. The summed E-state index contributed by atoms with van der Waals surface area (Å²) < 4.78 is 5.41. The number of allylic oxidation sites excluding steroid dienone is 5. The number of amides is 1. The topological polar surface area (TPSA) is 95.9 Å². The van der Waals surface area contributed by atoms with Gasteiger partial charge in [-0.1, -0.05) is 256 Å². The smallest absolute Gasteiger partial charge is 0.305 e. The lowest BCUT2D eigenvalue weighted by Gasteiger charge is -2.22. The van der Waals surface area contributed by atoms with Crippen molar-refractivity contribution in [2.24, 2.45) is 0 Å². The predicted molar refractivity (Wildman–Crippen MR) is 283 cm³/mol. The fourth-order valence-electron chi connectivity index (χ4n) is 8.77. The number of esters is 1. The Kier molecular flexibility index (Phi) is 53.1. The first kappa shape index (κ1) is 63.1. The van der Waals surface area contributed by atoms with E-state index in [4.69, 9.17) is 4.74 Å². The van der Waals surface area contributed by atoms with Gasteiger partial charge in [0.1, 0.15) is 0 Å². The molecule has 1 amide bonds. The minimum atomic E-state index is -0.667. The van der Waals surface area contributed by atoms with E-state index < -0.39 is 12.1 Å². The highest BCUT2D eigenvalue weighted by atomic mass is 16.5. The summed E-state index contributed by atoms with van der Waals surface area (Å²) >= 11 is 0. The number of carbonyl (C=O) groups is 2. The van der Waals surface area contributed by atoms with E-state index in [-0.39, 0.29) is 18.5 Å². The monoisotopic (exact) mass is 914 g/mol. The van der Waals surface area contributed by atoms with Crippen molar-refractivity contribution in [3.63, 3.8) is 0 Å². The van der Waals surface area contributed by atoms with E-state index in [9.17, 15) is 19.8 Å². The number of nitrogens with one attached hydrogen (secondary N) is 1. The minimum Gasteiger partial charge on any atom is -0.465 e. The van der Waals surface area contributed by atoms with Gasteiger partial charge in [-0.05, 0) is 70.6 Å². The number of aliphatic hydroxyl groups is 2. The highest BCUT2D eigenvalue weighted by molar-refractivity contribution is 5.76. The van der Waals surface area contributed by atoms with Crippen LogP contribution in [0, 0.1) is 0 Å². The maximum atomic E-state index is 12.4. The van der Waals surface area contributed by atoms with Crippen molar-refractivity contribution in [2.45, 2.75) is 315 Å². The van der Waals surface area contributed by atoms with Gasteiger partial charge in [0.05, 0.1) is 25.4 Å². The van der Waals surface area contributed by atoms with E-state index >= 15 is 0 Å². The van der Waals surface area contributed by atoms with Gasteiger partial charge in [0.15, 0.2) is 0 Å². The molecule has 0 saturated heterocycles. The van der Waals surface area contributed by atoms with Gasteiger partial charge >= 0.3 is 5.97 Å². The van der Waals surface area contributed by atoms with E-state index in [0.29, 0.717) is 25.9 Å².